The summed E-state index contributed by atoms with van der Waals surface area (Å²) in [5, 5.41) is 2.40. The first kappa shape index (κ1) is 20.0. The fourth-order valence-corrected chi connectivity index (χ4v) is 4.98. The van der Waals surface area contributed by atoms with E-state index >= 15 is 0 Å². The van der Waals surface area contributed by atoms with E-state index in [-0.39, 0.29) is 0 Å². The van der Waals surface area contributed by atoms with Gasteiger partial charge in [0.25, 0.3) is 0 Å². The molecule has 0 bridgehead atoms. The van der Waals surface area contributed by atoms with Crippen molar-refractivity contribution in [2.45, 2.75) is 79.6 Å². The molecule has 0 saturated heterocycles. The molecule has 1 unspecified atom stereocenters. The van der Waals surface area contributed by atoms with Crippen molar-refractivity contribution in [3.8, 4) is 10.9 Å². The zero-order valence-corrected chi connectivity index (χ0v) is 18.1. The van der Waals surface area contributed by atoms with Crippen LogP contribution in [0, 0.1) is 6.92 Å². The number of hydrogen-bond acceptors (Lipinski definition) is 1. The second-order valence-electron chi connectivity index (χ2n) is 8.06. The summed E-state index contributed by atoms with van der Waals surface area (Å²) < 4.78 is 0. The van der Waals surface area contributed by atoms with E-state index in [0.29, 0.717) is 38.2 Å². The predicted octanol–water partition coefficient (Wildman–Crippen LogP) is 7.66. The molecule has 2 aromatic rings. The summed E-state index contributed by atoms with van der Waals surface area (Å²) in [6.45, 7) is 17.7. The Balaban J connectivity index is 2.77. The van der Waals surface area contributed by atoms with E-state index in [1.165, 1.54) is 27.5 Å². The molecule has 0 N–H and O–H groups in total. The van der Waals surface area contributed by atoms with E-state index in [9.17, 15) is 4.79 Å². The van der Waals surface area contributed by atoms with Crippen molar-refractivity contribution in [3.05, 3.63) is 45.7 Å². The molecule has 1 nitrogen and oxygen atoms in total. The van der Waals surface area contributed by atoms with Crippen LogP contribution in [-0.4, -0.2) is 5.78 Å². The first-order valence-corrected chi connectivity index (χ1v) is 10.6. The van der Waals surface area contributed by atoms with Crippen LogP contribution in [0.2, 0.25) is 0 Å². The minimum Gasteiger partial charge on any atom is -0.294 e. The van der Waals surface area contributed by atoms with Crippen molar-refractivity contribution >= 4 is 14.0 Å². The highest BCUT2D eigenvalue weighted by molar-refractivity contribution is 7.36. The summed E-state index contributed by atoms with van der Waals surface area (Å²) in [5.74, 6) is 1.78. The van der Waals surface area contributed by atoms with Gasteiger partial charge in [0.05, 0.1) is 0 Å². The Kier molecular flexibility index (Phi) is 6.33. The lowest BCUT2D eigenvalue weighted by Crippen LogP contribution is -2.02. The molecule has 2 rings (SSSR count). The lowest BCUT2D eigenvalue weighted by Gasteiger charge is -2.22. The maximum atomic E-state index is 12.3. The average Bonchev–Trinajstić information content (AvgIpc) is 2.94. The Morgan fingerprint density at radius 2 is 1.44 bits per heavy atom. The van der Waals surface area contributed by atoms with Gasteiger partial charge in [-0.2, -0.15) is 0 Å². The molecule has 0 saturated carbocycles. The van der Waals surface area contributed by atoms with Crippen LogP contribution in [-0.2, 0) is 0 Å². The Hall–Kier alpha value is -1.33. The van der Waals surface area contributed by atoms with Crippen LogP contribution in [0.15, 0.2) is 18.2 Å². The number of carbonyl (C=O) groups excluding carboxylic acids is 1. The summed E-state index contributed by atoms with van der Waals surface area (Å²) in [6, 6.07) is 7.07. The molecule has 2 heteroatoms. The molecule has 0 aliphatic heterocycles. The first-order valence-electron chi connectivity index (χ1n) is 9.58. The topological polar surface area (TPSA) is 17.1 Å². The summed E-state index contributed by atoms with van der Waals surface area (Å²) in [6.07, 6.45) is 0.598. The van der Waals surface area contributed by atoms with Crippen LogP contribution >= 0.6 is 8.19 Å². The van der Waals surface area contributed by atoms with Crippen molar-refractivity contribution in [1.29, 1.82) is 0 Å². The number of aryl methyl sites for hydroxylation is 1. The van der Waals surface area contributed by atoms with Gasteiger partial charge in [0, 0.05) is 11.7 Å². The number of Topliss-reactive ketones (excluding diaryl/α,β-unsaturated/α-hetero) is 1. The zero-order chi connectivity index (χ0) is 18.9. The molecule has 136 valence electrons. The number of benzene rings is 1. The van der Waals surface area contributed by atoms with E-state index in [4.69, 9.17) is 0 Å². The quantitative estimate of drug-likeness (QED) is 0.486. The van der Waals surface area contributed by atoms with Gasteiger partial charge in [-0.1, -0.05) is 60.6 Å². The Labute approximate surface area is 155 Å². The molecule has 25 heavy (non-hydrogen) atoms. The second kappa shape index (κ2) is 7.92. The Bertz CT molecular complexity index is 733. The van der Waals surface area contributed by atoms with Gasteiger partial charge >= 0.3 is 0 Å². The van der Waals surface area contributed by atoms with Crippen LogP contribution in [0.5, 0.6) is 0 Å². The number of hydrogen-bond donors (Lipinski definition) is 0. The highest BCUT2D eigenvalue weighted by Gasteiger charge is 2.21. The van der Waals surface area contributed by atoms with Gasteiger partial charge in [-0.25, -0.2) is 0 Å². The fourth-order valence-electron chi connectivity index (χ4n) is 3.43. The minimum atomic E-state index is 0.304. The van der Waals surface area contributed by atoms with Crippen molar-refractivity contribution in [3.63, 3.8) is 0 Å². The molecule has 0 aliphatic rings. The predicted molar refractivity (Wildman–Crippen MR) is 113 cm³/mol. The van der Waals surface area contributed by atoms with Gasteiger partial charge in [0.2, 0.25) is 0 Å². The molecule has 0 fully saturated rings. The smallest absolute Gasteiger partial charge is 0.166 e. The standard InChI is InChI=1S/C23H33OP/c1-9-20(24)23-16(8)10-21(25-23)22-18(14(4)5)11-17(13(2)3)12-19(22)15(6)7/h10-15,25H,9H2,1-8H3. The van der Waals surface area contributed by atoms with Gasteiger partial charge in [0.1, 0.15) is 0 Å². The SMILES string of the molecule is CCC(=O)c1[pH]c(-c2c(C(C)C)cc(C(C)C)cc2C(C)C)cc1C. The maximum absolute atomic E-state index is 12.3. The van der Waals surface area contributed by atoms with Crippen molar-refractivity contribution in [2.75, 3.05) is 0 Å². The molecule has 0 spiro atoms. The molecule has 1 aromatic carbocycles. The fraction of sp³-hybridized carbons (Fsp3) is 0.522. The highest BCUT2D eigenvalue weighted by Crippen LogP contribution is 2.44. The maximum Gasteiger partial charge on any atom is 0.166 e. The van der Waals surface area contributed by atoms with Gasteiger partial charge < -0.3 is 0 Å². The van der Waals surface area contributed by atoms with Gasteiger partial charge in [0.15, 0.2) is 5.78 Å². The highest BCUT2D eigenvalue weighted by atomic mass is 31.0. The van der Waals surface area contributed by atoms with Gasteiger partial charge in [-0.15, -0.1) is 8.19 Å². The second-order valence-corrected chi connectivity index (χ2v) is 9.34. The van der Waals surface area contributed by atoms with E-state index < -0.39 is 0 Å². The molecule has 0 radical (unpaired) electrons. The number of carbonyl (C=O) groups is 1. The molecule has 1 heterocycles. The minimum absolute atomic E-state index is 0.304. The summed E-state index contributed by atoms with van der Waals surface area (Å²) in [5.41, 5.74) is 6.87. The third-order valence-electron chi connectivity index (χ3n) is 5.02. The summed E-state index contributed by atoms with van der Waals surface area (Å²) >= 11 is 0. The monoisotopic (exact) mass is 356 g/mol. The normalized spacial score (nSPS) is 12.1. The number of ketones is 1. The van der Waals surface area contributed by atoms with Crippen LogP contribution < -0.4 is 0 Å². The Morgan fingerprint density at radius 3 is 1.84 bits per heavy atom. The van der Waals surface area contributed by atoms with Crippen molar-refractivity contribution in [2.24, 2.45) is 0 Å². The molecule has 0 amide bonds. The molecular formula is C23H33OP. The van der Waals surface area contributed by atoms with Crippen molar-refractivity contribution < 1.29 is 4.79 Å². The largest absolute Gasteiger partial charge is 0.294 e. The van der Waals surface area contributed by atoms with Crippen molar-refractivity contribution in [1.82, 2.24) is 0 Å². The van der Waals surface area contributed by atoms with E-state index in [1.807, 2.05) is 6.92 Å². The number of rotatable bonds is 6. The average molecular weight is 356 g/mol. The summed E-state index contributed by atoms with van der Waals surface area (Å²) in [7, 11) is 0.496. The Morgan fingerprint density at radius 1 is 0.920 bits per heavy atom. The van der Waals surface area contributed by atoms with E-state index in [1.54, 1.807) is 0 Å². The molecule has 1 aromatic heterocycles. The lowest BCUT2D eigenvalue weighted by atomic mass is 9.84. The molecule has 0 aliphatic carbocycles. The molecule has 1 atom stereocenters. The van der Waals surface area contributed by atoms with Crippen LogP contribution in [0.25, 0.3) is 10.9 Å². The van der Waals surface area contributed by atoms with Crippen LogP contribution in [0.3, 0.4) is 0 Å². The zero-order valence-electron chi connectivity index (χ0n) is 17.1. The van der Waals surface area contributed by atoms with E-state index in [0.717, 1.165) is 10.9 Å². The van der Waals surface area contributed by atoms with Gasteiger partial charge in [-0.3, -0.25) is 4.79 Å². The van der Waals surface area contributed by atoms with E-state index in [2.05, 4.69) is 66.7 Å². The third-order valence-corrected chi connectivity index (χ3v) is 6.60. The van der Waals surface area contributed by atoms with Crippen LogP contribution in [0.4, 0.5) is 0 Å². The molecular weight excluding hydrogens is 323 g/mol. The van der Waals surface area contributed by atoms with Gasteiger partial charge in [-0.05, 0) is 63.9 Å². The lowest BCUT2D eigenvalue weighted by molar-refractivity contribution is 0.0991. The van der Waals surface area contributed by atoms with Crippen LogP contribution in [0.1, 0.15) is 105 Å². The summed E-state index contributed by atoms with van der Waals surface area (Å²) in [4.78, 5) is 12.3. The third kappa shape index (κ3) is 4.09. The first-order chi connectivity index (χ1) is 11.7.